The Labute approximate surface area is 231 Å². The van der Waals surface area contributed by atoms with Gasteiger partial charge in [0.25, 0.3) is 5.56 Å². The molecule has 0 bridgehead atoms. The van der Waals surface area contributed by atoms with Gasteiger partial charge in [0.05, 0.1) is 12.7 Å². The summed E-state index contributed by atoms with van der Waals surface area (Å²) in [5, 5.41) is 30.4. The van der Waals surface area contributed by atoms with Crippen molar-refractivity contribution in [2.75, 3.05) is 13.2 Å². The van der Waals surface area contributed by atoms with Gasteiger partial charge in [0, 0.05) is 18.8 Å². The van der Waals surface area contributed by atoms with Crippen molar-refractivity contribution in [1.82, 2.24) is 14.2 Å². The second-order valence-electron chi connectivity index (χ2n) is 9.60. The fraction of sp³-hybridized carbons (Fsp3) is 0.538. The molecule has 1 unspecified atom stereocenters. The lowest BCUT2D eigenvalue weighted by atomic mass is 10.0. The van der Waals surface area contributed by atoms with E-state index in [1.165, 1.54) is 11.6 Å². The quantitative estimate of drug-likeness (QED) is 0.280. The van der Waals surface area contributed by atoms with Crippen LogP contribution in [0.25, 0.3) is 0 Å². The number of hydrogen-bond donors (Lipinski definition) is 3. The Morgan fingerprint density at radius 3 is 2.55 bits per heavy atom. The maximum absolute atomic E-state index is 14.5. The number of aromatic nitrogens is 2. The first-order chi connectivity index (χ1) is 19.0. The van der Waals surface area contributed by atoms with Crippen molar-refractivity contribution in [1.29, 1.82) is 5.26 Å². The Morgan fingerprint density at radius 1 is 1.27 bits per heavy atom. The second-order valence-corrected chi connectivity index (χ2v) is 11.5. The molecule has 2 heterocycles. The standard InChI is InChI=1S/C26H35N4O9P/c1-4-9-18(5-2)15-30(17(3)25(33)34)40(36,39-19-10-7-6-8-11-19)37-16-21-23(32)20(14-27)24(38-21)29-13-12-22(31)28-26(29)35/h6-8,10-13,17-18,20-21,23-24,32H,4-5,9,15-16H2,1-3H3,(H,33,34)(H,28,31,35)/t17-,18?,20+,21+,23-,24+,40+/m0/s1. The fourth-order valence-corrected chi connectivity index (χ4v) is 6.50. The normalized spacial score (nSPS) is 23.7. The maximum Gasteiger partial charge on any atom is 0.462 e. The van der Waals surface area contributed by atoms with Crippen LogP contribution in [0.5, 0.6) is 5.75 Å². The van der Waals surface area contributed by atoms with Gasteiger partial charge >= 0.3 is 19.4 Å². The third kappa shape index (κ3) is 7.27. The van der Waals surface area contributed by atoms with Gasteiger partial charge in [0.15, 0.2) is 6.23 Å². The molecular weight excluding hydrogens is 543 g/mol. The number of carboxylic acid groups (broad SMARTS) is 1. The number of nitrogens with one attached hydrogen (secondary N) is 1. The van der Waals surface area contributed by atoms with E-state index in [1.54, 1.807) is 30.3 Å². The highest BCUT2D eigenvalue weighted by Crippen LogP contribution is 2.54. The summed E-state index contributed by atoms with van der Waals surface area (Å²) >= 11 is 0. The van der Waals surface area contributed by atoms with E-state index in [4.69, 9.17) is 13.8 Å². The largest absolute Gasteiger partial charge is 0.480 e. The van der Waals surface area contributed by atoms with E-state index >= 15 is 0 Å². The summed E-state index contributed by atoms with van der Waals surface area (Å²) in [7, 11) is -4.40. The van der Waals surface area contributed by atoms with Gasteiger partial charge in [0.1, 0.15) is 29.9 Å². The van der Waals surface area contributed by atoms with Crippen molar-refractivity contribution in [3.8, 4) is 11.8 Å². The molecule has 7 atom stereocenters. The highest BCUT2D eigenvalue weighted by atomic mass is 31.2. The number of aromatic amines is 1. The smallest absolute Gasteiger partial charge is 0.462 e. The number of ether oxygens (including phenoxy) is 1. The number of nitrogens with zero attached hydrogens (tertiary/aromatic N) is 3. The molecule has 14 heteroatoms. The number of H-pyrrole nitrogens is 1. The molecule has 0 radical (unpaired) electrons. The molecular formula is C26H35N4O9P. The zero-order chi connectivity index (χ0) is 29.4. The van der Waals surface area contributed by atoms with Gasteiger partial charge in [0.2, 0.25) is 0 Å². The highest BCUT2D eigenvalue weighted by Gasteiger charge is 2.48. The van der Waals surface area contributed by atoms with E-state index in [9.17, 15) is 34.4 Å². The molecule has 1 aromatic carbocycles. The summed E-state index contributed by atoms with van der Waals surface area (Å²) in [5.74, 6) is -2.28. The maximum atomic E-state index is 14.5. The lowest BCUT2D eigenvalue weighted by molar-refractivity contribution is -0.141. The number of benzene rings is 1. The van der Waals surface area contributed by atoms with Gasteiger partial charge in [-0.3, -0.25) is 23.7 Å². The molecule has 1 aliphatic rings. The van der Waals surface area contributed by atoms with Gasteiger partial charge in [-0.1, -0.05) is 44.9 Å². The van der Waals surface area contributed by atoms with Crippen LogP contribution in [-0.2, 0) is 18.6 Å². The number of aliphatic hydroxyl groups excluding tert-OH is 1. The molecule has 13 nitrogen and oxygen atoms in total. The number of carbonyl (C=O) groups is 1. The summed E-state index contributed by atoms with van der Waals surface area (Å²) in [6.45, 7) is 4.89. The lowest BCUT2D eigenvalue weighted by Gasteiger charge is -2.35. The number of carboxylic acids is 1. The summed E-state index contributed by atoms with van der Waals surface area (Å²) in [4.78, 5) is 37.9. The van der Waals surface area contributed by atoms with Gasteiger partial charge in [-0.25, -0.2) is 9.36 Å². The van der Waals surface area contributed by atoms with Gasteiger partial charge in [-0.05, 0) is 31.4 Å². The first-order valence-electron chi connectivity index (χ1n) is 13.1. The number of aliphatic carboxylic acids is 1. The first-order valence-corrected chi connectivity index (χ1v) is 14.6. The SMILES string of the molecule is CCCC(CC)CN([C@@H](C)C(=O)O)[P@@](=O)(OC[C@H]1O[C@@H](n2ccc(=O)[nH]c2=O)[C@H](C#N)[C@@H]1O)Oc1ccccc1. The van der Waals surface area contributed by atoms with Crippen LogP contribution in [0.15, 0.2) is 52.2 Å². The fourth-order valence-electron chi connectivity index (χ4n) is 4.52. The van der Waals surface area contributed by atoms with Crippen molar-refractivity contribution < 1.29 is 33.4 Å². The van der Waals surface area contributed by atoms with Crippen LogP contribution in [-0.4, -0.2) is 61.8 Å². The average Bonchev–Trinajstić information content (AvgIpc) is 3.24. The number of hydrogen-bond acceptors (Lipinski definition) is 9. The first kappa shape index (κ1) is 31.3. The monoisotopic (exact) mass is 578 g/mol. The number of nitriles is 1. The van der Waals surface area contributed by atoms with E-state index in [1.807, 2.05) is 19.9 Å². The van der Waals surface area contributed by atoms with Crippen molar-refractivity contribution in [3.05, 3.63) is 63.4 Å². The van der Waals surface area contributed by atoms with Crippen LogP contribution in [0, 0.1) is 23.2 Å². The molecule has 1 fully saturated rings. The third-order valence-electron chi connectivity index (χ3n) is 6.85. The molecule has 0 saturated carbocycles. The molecule has 0 spiro atoms. The second kappa shape index (κ2) is 13.9. The molecule has 218 valence electrons. The van der Waals surface area contributed by atoms with Crippen LogP contribution in [0.2, 0.25) is 0 Å². The van der Waals surface area contributed by atoms with E-state index in [0.717, 1.165) is 29.7 Å². The van der Waals surface area contributed by atoms with Crippen LogP contribution < -0.4 is 15.8 Å². The molecule has 0 amide bonds. The zero-order valence-corrected chi connectivity index (χ0v) is 23.5. The van der Waals surface area contributed by atoms with Gasteiger partial charge < -0.3 is 19.5 Å². The summed E-state index contributed by atoms with van der Waals surface area (Å²) in [5.41, 5.74) is -1.49. The van der Waals surface area contributed by atoms with E-state index in [-0.39, 0.29) is 18.2 Å². The summed E-state index contributed by atoms with van der Waals surface area (Å²) in [6.07, 6.45) is -0.531. The van der Waals surface area contributed by atoms with Crippen LogP contribution in [0.4, 0.5) is 0 Å². The number of para-hydroxylation sites is 1. The van der Waals surface area contributed by atoms with E-state index in [2.05, 4.69) is 4.98 Å². The topological polar surface area (TPSA) is 184 Å². The van der Waals surface area contributed by atoms with Crippen molar-refractivity contribution in [3.63, 3.8) is 0 Å². The highest BCUT2D eigenvalue weighted by molar-refractivity contribution is 7.51. The summed E-state index contributed by atoms with van der Waals surface area (Å²) in [6, 6.07) is 9.87. The summed E-state index contributed by atoms with van der Waals surface area (Å²) < 4.78 is 34.1. The van der Waals surface area contributed by atoms with Gasteiger partial charge in [-0.15, -0.1) is 0 Å². The predicted molar refractivity (Wildman–Crippen MR) is 143 cm³/mol. The minimum atomic E-state index is -4.40. The van der Waals surface area contributed by atoms with Crippen LogP contribution in [0.3, 0.4) is 0 Å². The molecule has 1 saturated heterocycles. The number of aliphatic hydroxyl groups is 1. The van der Waals surface area contributed by atoms with E-state index in [0.29, 0.717) is 6.42 Å². The van der Waals surface area contributed by atoms with Crippen LogP contribution >= 0.6 is 7.75 Å². The lowest BCUT2D eigenvalue weighted by Crippen LogP contribution is -2.42. The third-order valence-corrected chi connectivity index (χ3v) is 8.91. The molecule has 40 heavy (non-hydrogen) atoms. The Morgan fingerprint density at radius 2 is 1.98 bits per heavy atom. The number of rotatable bonds is 14. The van der Waals surface area contributed by atoms with Crippen molar-refractivity contribution >= 4 is 13.7 Å². The zero-order valence-electron chi connectivity index (χ0n) is 22.6. The molecule has 2 aromatic rings. The molecule has 0 aliphatic carbocycles. The predicted octanol–water partition coefficient (Wildman–Crippen LogP) is 2.74. The molecule has 1 aromatic heterocycles. The van der Waals surface area contributed by atoms with Crippen molar-refractivity contribution in [2.24, 2.45) is 11.8 Å². The Balaban J connectivity index is 1.94. The molecule has 1 aliphatic heterocycles. The Kier molecular flexibility index (Phi) is 10.8. The Hall–Kier alpha value is -3.27. The van der Waals surface area contributed by atoms with Crippen molar-refractivity contribution in [2.45, 2.75) is 64.5 Å². The average molecular weight is 579 g/mol. The Bertz CT molecular complexity index is 1340. The van der Waals surface area contributed by atoms with Crippen LogP contribution in [0.1, 0.15) is 46.3 Å². The van der Waals surface area contributed by atoms with E-state index < -0.39 is 62.0 Å². The van der Waals surface area contributed by atoms with Gasteiger partial charge in [-0.2, -0.15) is 9.93 Å². The minimum absolute atomic E-state index is 0.00381. The minimum Gasteiger partial charge on any atom is -0.480 e. The molecule has 3 N–H and O–H groups in total. The molecule has 3 rings (SSSR count).